The van der Waals surface area contributed by atoms with Crippen LogP contribution in [0.2, 0.25) is 0 Å². The molecule has 0 saturated carbocycles. The average Bonchev–Trinajstić information content (AvgIpc) is 2.75. The molecule has 2 N–H and O–H groups in total. The van der Waals surface area contributed by atoms with E-state index in [9.17, 15) is 4.79 Å². The lowest BCUT2D eigenvalue weighted by molar-refractivity contribution is 0.514. The van der Waals surface area contributed by atoms with E-state index in [1.165, 1.54) is 0 Å². The number of benzene rings is 2. The number of anilines is 1. The van der Waals surface area contributed by atoms with Gasteiger partial charge in [-0.05, 0) is 30.3 Å². The number of hydrogen-bond acceptors (Lipinski definition) is 4. The minimum Gasteiger partial charge on any atom is -0.408 e. The molecule has 2 aromatic carbocycles. The molecule has 0 atom stereocenters. The van der Waals surface area contributed by atoms with Gasteiger partial charge in [0.1, 0.15) is 0 Å². The number of aromatic nitrogens is 1. The second-order valence-corrected chi connectivity index (χ2v) is 5.58. The summed E-state index contributed by atoms with van der Waals surface area (Å²) in [5.74, 6) is 0.478. The second kappa shape index (κ2) is 5.46. The average molecular weight is 286 g/mol. The van der Waals surface area contributed by atoms with E-state index in [0.717, 1.165) is 21.9 Å². The number of thioether (sulfide) groups is 1. The van der Waals surface area contributed by atoms with Crippen LogP contribution in [0.25, 0.3) is 11.1 Å². The van der Waals surface area contributed by atoms with Crippen molar-refractivity contribution >= 4 is 28.5 Å². The largest absolute Gasteiger partial charge is 0.419 e. The van der Waals surface area contributed by atoms with Gasteiger partial charge in [-0.3, -0.25) is 4.57 Å². The van der Waals surface area contributed by atoms with Gasteiger partial charge in [0.2, 0.25) is 0 Å². The first kappa shape index (κ1) is 12.9. The lowest BCUT2D eigenvalue weighted by Crippen LogP contribution is -2.15. The van der Waals surface area contributed by atoms with Gasteiger partial charge in [0, 0.05) is 22.9 Å². The Morgan fingerprint density at radius 1 is 1.15 bits per heavy atom. The van der Waals surface area contributed by atoms with Crippen LogP contribution in [0.4, 0.5) is 5.69 Å². The SMILES string of the molecule is Nc1cccc(SCCn2c(=O)oc3ccccc32)c1. The summed E-state index contributed by atoms with van der Waals surface area (Å²) in [7, 11) is 0. The number of oxazole rings is 1. The molecule has 0 aliphatic rings. The molecule has 0 spiro atoms. The van der Waals surface area contributed by atoms with Gasteiger partial charge in [-0.15, -0.1) is 11.8 Å². The first-order valence-corrected chi connectivity index (χ1v) is 7.29. The Hall–Kier alpha value is -2.14. The highest BCUT2D eigenvalue weighted by Crippen LogP contribution is 2.21. The molecular formula is C15H14N2O2S. The third-order valence-electron chi connectivity index (χ3n) is 3.02. The lowest BCUT2D eigenvalue weighted by Gasteiger charge is -2.03. The van der Waals surface area contributed by atoms with E-state index < -0.39 is 0 Å². The highest BCUT2D eigenvalue weighted by Gasteiger charge is 2.07. The molecule has 0 unspecified atom stereocenters. The van der Waals surface area contributed by atoms with E-state index in [2.05, 4.69) is 0 Å². The molecular weight excluding hydrogens is 272 g/mol. The third-order valence-corrected chi connectivity index (χ3v) is 3.99. The van der Waals surface area contributed by atoms with Gasteiger partial charge in [-0.1, -0.05) is 18.2 Å². The first-order valence-electron chi connectivity index (χ1n) is 6.31. The second-order valence-electron chi connectivity index (χ2n) is 4.41. The number of aryl methyl sites for hydroxylation is 1. The minimum absolute atomic E-state index is 0.306. The maximum Gasteiger partial charge on any atom is 0.419 e. The van der Waals surface area contributed by atoms with E-state index >= 15 is 0 Å². The molecule has 0 saturated heterocycles. The third kappa shape index (κ3) is 2.58. The predicted molar refractivity (Wildman–Crippen MR) is 82.1 cm³/mol. The number of nitrogens with two attached hydrogens (primary N) is 1. The first-order chi connectivity index (χ1) is 9.74. The van der Waals surface area contributed by atoms with Crippen LogP contribution in [-0.2, 0) is 6.54 Å². The zero-order valence-electron chi connectivity index (χ0n) is 10.8. The van der Waals surface area contributed by atoms with Crippen molar-refractivity contribution in [1.82, 2.24) is 4.57 Å². The van der Waals surface area contributed by atoms with E-state index in [1.54, 1.807) is 22.4 Å². The van der Waals surface area contributed by atoms with E-state index in [4.69, 9.17) is 10.2 Å². The van der Waals surface area contributed by atoms with Crippen LogP contribution in [0.15, 0.2) is 62.6 Å². The topological polar surface area (TPSA) is 61.2 Å². The molecule has 0 radical (unpaired) electrons. The van der Waals surface area contributed by atoms with Gasteiger partial charge in [0.15, 0.2) is 5.58 Å². The Bertz CT molecular complexity index is 792. The maximum atomic E-state index is 11.8. The number of nitrogens with zero attached hydrogens (tertiary/aromatic N) is 1. The molecule has 0 amide bonds. The monoisotopic (exact) mass is 286 g/mol. The highest BCUT2D eigenvalue weighted by atomic mass is 32.2. The van der Waals surface area contributed by atoms with Crippen molar-refractivity contribution in [2.45, 2.75) is 11.4 Å². The van der Waals surface area contributed by atoms with Crippen molar-refractivity contribution < 1.29 is 4.42 Å². The summed E-state index contributed by atoms with van der Waals surface area (Å²) in [6.45, 7) is 0.606. The molecule has 5 heteroatoms. The normalized spacial score (nSPS) is 11.0. The van der Waals surface area contributed by atoms with E-state index in [-0.39, 0.29) is 5.76 Å². The van der Waals surface area contributed by atoms with Crippen LogP contribution in [-0.4, -0.2) is 10.3 Å². The Morgan fingerprint density at radius 2 is 2.00 bits per heavy atom. The van der Waals surface area contributed by atoms with Crippen molar-refractivity contribution in [2.24, 2.45) is 0 Å². The quantitative estimate of drug-likeness (QED) is 0.591. The summed E-state index contributed by atoms with van der Waals surface area (Å²) in [6.07, 6.45) is 0. The zero-order valence-corrected chi connectivity index (χ0v) is 11.6. The molecule has 1 heterocycles. The van der Waals surface area contributed by atoms with Crippen LogP contribution in [0.3, 0.4) is 0 Å². The van der Waals surface area contributed by atoms with Gasteiger partial charge >= 0.3 is 5.76 Å². The van der Waals surface area contributed by atoms with Crippen LogP contribution in [0.5, 0.6) is 0 Å². The van der Waals surface area contributed by atoms with Crippen molar-refractivity contribution in [2.75, 3.05) is 11.5 Å². The van der Waals surface area contributed by atoms with Gasteiger partial charge in [0.05, 0.1) is 5.52 Å². The fourth-order valence-electron chi connectivity index (χ4n) is 2.08. The van der Waals surface area contributed by atoms with Crippen molar-refractivity contribution in [1.29, 1.82) is 0 Å². The number of rotatable bonds is 4. The summed E-state index contributed by atoms with van der Waals surface area (Å²) in [6, 6.07) is 15.2. The van der Waals surface area contributed by atoms with Crippen molar-refractivity contribution in [3.8, 4) is 0 Å². The summed E-state index contributed by atoms with van der Waals surface area (Å²) >= 11 is 1.67. The molecule has 20 heavy (non-hydrogen) atoms. The number of para-hydroxylation sites is 2. The van der Waals surface area contributed by atoms with Gasteiger partial charge < -0.3 is 10.2 Å². The van der Waals surface area contributed by atoms with Crippen molar-refractivity contribution in [3.63, 3.8) is 0 Å². The molecule has 0 aliphatic heterocycles. The number of hydrogen-bond donors (Lipinski definition) is 1. The lowest BCUT2D eigenvalue weighted by atomic mass is 10.3. The molecule has 0 aliphatic carbocycles. The minimum atomic E-state index is -0.306. The summed E-state index contributed by atoms with van der Waals surface area (Å²) < 4.78 is 6.86. The Balaban J connectivity index is 1.74. The smallest absolute Gasteiger partial charge is 0.408 e. The van der Waals surface area contributed by atoms with E-state index in [1.807, 2.05) is 42.5 Å². The van der Waals surface area contributed by atoms with Crippen LogP contribution in [0, 0.1) is 0 Å². The summed E-state index contributed by atoms with van der Waals surface area (Å²) in [5, 5.41) is 0. The summed E-state index contributed by atoms with van der Waals surface area (Å²) in [5.41, 5.74) is 7.96. The molecule has 4 nitrogen and oxygen atoms in total. The number of nitrogen functional groups attached to an aromatic ring is 1. The van der Waals surface area contributed by atoms with Crippen LogP contribution >= 0.6 is 11.8 Å². The maximum absolute atomic E-state index is 11.8. The van der Waals surface area contributed by atoms with Crippen LogP contribution in [0.1, 0.15) is 0 Å². The standard InChI is InChI=1S/C15H14N2O2S/c16-11-4-3-5-12(10-11)20-9-8-17-13-6-1-2-7-14(13)19-15(17)18/h1-7,10H,8-9,16H2. The van der Waals surface area contributed by atoms with Gasteiger partial charge in [-0.2, -0.15) is 0 Å². The Kier molecular flexibility index (Phi) is 3.52. The van der Waals surface area contributed by atoms with Crippen molar-refractivity contribution in [3.05, 3.63) is 59.1 Å². The molecule has 3 aromatic rings. The molecule has 3 rings (SSSR count). The molecule has 102 valence electrons. The fourth-order valence-corrected chi connectivity index (χ4v) is 2.99. The van der Waals surface area contributed by atoms with E-state index in [0.29, 0.717) is 12.1 Å². The van der Waals surface area contributed by atoms with Crippen LogP contribution < -0.4 is 11.5 Å². The Morgan fingerprint density at radius 3 is 2.85 bits per heavy atom. The number of fused-ring (bicyclic) bond motifs is 1. The van der Waals surface area contributed by atoms with Gasteiger partial charge in [-0.25, -0.2) is 4.79 Å². The summed E-state index contributed by atoms with van der Waals surface area (Å²) in [4.78, 5) is 12.9. The molecule has 0 fully saturated rings. The molecule has 0 bridgehead atoms. The Labute approximate surface area is 120 Å². The fraction of sp³-hybridized carbons (Fsp3) is 0.133. The van der Waals surface area contributed by atoms with Gasteiger partial charge in [0.25, 0.3) is 0 Å². The highest BCUT2D eigenvalue weighted by molar-refractivity contribution is 7.99. The predicted octanol–water partition coefficient (Wildman–Crippen LogP) is 2.97. The molecule has 1 aromatic heterocycles. The zero-order chi connectivity index (χ0) is 13.9.